The largest absolute Gasteiger partial charge is 0.465 e. The monoisotopic (exact) mass is 546 g/mol. The first-order valence-electron chi connectivity index (χ1n) is 14.6. The smallest absolute Gasteiger partial charge is 0.312 e. The summed E-state index contributed by atoms with van der Waals surface area (Å²) in [4.78, 5) is 45.9. The lowest BCUT2D eigenvalue weighted by molar-refractivity contribution is -0.163. The quantitative estimate of drug-likeness (QED) is 0.199. The molecule has 3 fully saturated rings. The van der Waals surface area contributed by atoms with Crippen molar-refractivity contribution in [1.29, 1.82) is 0 Å². The van der Waals surface area contributed by atoms with Crippen LogP contribution in [0.25, 0.3) is 0 Å². The highest BCUT2D eigenvalue weighted by atomic mass is 16.6. The predicted octanol–water partition coefficient (Wildman–Crippen LogP) is 4.26. The zero-order valence-electron chi connectivity index (χ0n) is 25.0. The molecule has 0 radical (unpaired) electrons. The van der Waals surface area contributed by atoms with Crippen molar-refractivity contribution in [3.63, 3.8) is 0 Å². The van der Waals surface area contributed by atoms with Gasteiger partial charge in [0.15, 0.2) is 0 Å². The molecule has 220 valence electrons. The number of aliphatic hydroxyl groups is 1. The average molecular weight is 547 g/mol. The summed E-state index contributed by atoms with van der Waals surface area (Å²) < 4.78 is 12.5. The number of amides is 2. The Hall–Kier alpha value is -2.19. The van der Waals surface area contributed by atoms with Gasteiger partial charge in [-0.2, -0.15) is 0 Å². The number of rotatable bonds is 14. The number of fused-ring (bicyclic) bond motifs is 1. The standard InChI is InChI=1S/C31H50N2O6/c1-9-12-20-38-27(37)23-22-25(35)32(18-13-14-19-34)24(31(22)16-15-30(23,11-3)39-31)26(36)33(17-10-2)29(7,8)21-28(4,5)6/h9-10,22-24,34H,1-2,11-21H2,3-8H3/t22-,23+,24?,30-,31?/m0/s1. The lowest BCUT2D eigenvalue weighted by Gasteiger charge is -2.45. The summed E-state index contributed by atoms with van der Waals surface area (Å²) in [5.74, 6) is -2.36. The average Bonchev–Trinajstić information content (AvgIpc) is 3.44. The van der Waals surface area contributed by atoms with E-state index in [2.05, 4.69) is 47.8 Å². The molecule has 39 heavy (non-hydrogen) atoms. The van der Waals surface area contributed by atoms with Crippen molar-refractivity contribution in [3.8, 4) is 0 Å². The minimum atomic E-state index is -1.09. The van der Waals surface area contributed by atoms with Crippen LogP contribution in [0.15, 0.2) is 25.3 Å². The summed E-state index contributed by atoms with van der Waals surface area (Å²) in [5.41, 5.74) is -2.47. The lowest BCUT2D eigenvalue weighted by Crippen LogP contribution is -2.61. The van der Waals surface area contributed by atoms with Gasteiger partial charge < -0.3 is 24.4 Å². The molecular formula is C31H50N2O6. The highest BCUT2D eigenvalue weighted by Crippen LogP contribution is 2.64. The van der Waals surface area contributed by atoms with E-state index in [1.807, 2.05) is 11.8 Å². The third kappa shape index (κ3) is 5.69. The minimum absolute atomic E-state index is 0.00409. The number of likely N-dealkylation sites (tertiary alicyclic amines) is 1. The van der Waals surface area contributed by atoms with E-state index in [-0.39, 0.29) is 30.4 Å². The second kappa shape index (κ2) is 11.7. The first-order chi connectivity index (χ1) is 18.2. The number of unbranched alkanes of at least 4 members (excludes halogenated alkanes) is 1. The van der Waals surface area contributed by atoms with Crippen LogP contribution >= 0.6 is 0 Å². The van der Waals surface area contributed by atoms with Crippen molar-refractivity contribution >= 4 is 17.8 Å². The molecule has 0 aromatic heterocycles. The molecular weight excluding hydrogens is 496 g/mol. The van der Waals surface area contributed by atoms with Crippen LogP contribution < -0.4 is 0 Å². The second-order valence-electron chi connectivity index (χ2n) is 13.3. The van der Waals surface area contributed by atoms with Gasteiger partial charge in [-0.1, -0.05) is 39.8 Å². The van der Waals surface area contributed by atoms with Crippen molar-refractivity contribution in [1.82, 2.24) is 9.80 Å². The maximum absolute atomic E-state index is 14.7. The van der Waals surface area contributed by atoms with E-state index in [0.29, 0.717) is 51.6 Å². The lowest BCUT2D eigenvalue weighted by atomic mass is 9.65. The van der Waals surface area contributed by atoms with Gasteiger partial charge in [0.05, 0.1) is 18.1 Å². The Morgan fingerprint density at radius 2 is 1.87 bits per heavy atom. The molecule has 0 aliphatic carbocycles. The minimum Gasteiger partial charge on any atom is -0.465 e. The number of ether oxygens (including phenoxy) is 2. The van der Waals surface area contributed by atoms with E-state index in [4.69, 9.17) is 9.47 Å². The van der Waals surface area contributed by atoms with Gasteiger partial charge in [-0.25, -0.2) is 0 Å². The molecule has 3 aliphatic heterocycles. The van der Waals surface area contributed by atoms with Crippen LogP contribution in [0.5, 0.6) is 0 Å². The molecule has 8 heteroatoms. The molecule has 1 N–H and O–H groups in total. The first kappa shape index (κ1) is 31.3. The Bertz CT molecular complexity index is 955. The Morgan fingerprint density at radius 1 is 1.18 bits per heavy atom. The topological polar surface area (TPSA) is 96.4 Å². The number of carbonyl (C=O) groups is 3. The third-order valence-electron chi connectivity index (χ3n) is 8.81. The fourth-order valence-electron chi connectivity index (χ4n) is 7.63. The Morgan fingerprint density at radius 3 is 2.44 bits per heavy atom. The van der Waals surface area contributed by atoms with Gasteiger partial charge in [0, 0.05) is 25.2 Å². The van der Waals surface area contributed by atoms with Crippen LogP contribution in [0.1, 0.15) is 86.5 Å². The van der Waals surface area contributed by atoms with E-state index in [1.165, 1.54) is 0 Å². The van der Waals surface area contributed by atoms with Crippen LogP contribution in [0, 0.1) is 17.3 Å². The van der Waals surface area contributed by atoms with E-state index >= 15 is 0 Å². The van der Waals surface area contributed by atoms with Gasteiger partial charge in [0.2, 0.25) is 11.8 Å². The molecule has 2 amide bonds. The molecule has 2 bridgehead atoms. The Kier molecular flexibility index (Phi) is 9.43. The van der Waals surface area contributed by atoms with Crippen LogP contribution in [0.3, 0.4) is 0 Å². The number of esters is 1. The van der Waals surface area contributed by atoms with Crippen molar-refractivity contribution in [2.45, 2.75) is 109 Å². The predicted molar refractivity (Wildman–Crippen MR) is 151 cm³/mol. The zero-order valence-corrected chi connectivity index (χ0v) is 25.0. The van der Waals surface area contributed by atoms with E-state index in [1.54, 1.807) is 17.1 Å². The van der Waals surface area contributed by atoms with Crippen LogP contribution in [-0.2, 0) is 23.9 Å². The molecule has 2 unspecified atom stereocenters. The molecule has 0 aromatic carbocycles. The number of aliphatic hydroxyl groups excluding tert-OH is 1. The van der Waals surface area contributed by atoms with E-state index < -0.39 is 40.6 Å². The fraction of sp³-hybridized carbons (Fsp3) is 0.774. The van der Waals surface area contributed by atoms with Gasteiger partial charge in [-0.3, -0.25) is 14.4 Å². The SMILES string of the molecule is C=CCCOC(=O)[C@H]1[C@H]2C(=O)N(CCCCO)C(C(=O)N(CC=C)C(C)(C)CC(C)(C)C)C23CC[C@]1(CC)O3. The molecule has 8 nitrogen and oxygen atoms in total. The number of hydrogen-bond acceptors (Lipinski definition) is 6. The highest BCUT2D eigenvalue weighted by Gasteiger charge is 2.79. The molecule has 3 rings (SSSR count). The van der Waals surface area contributed by atoms with Gasteiger partial charge in [-0.15, -0.1) is 13.2 Å². The molecule has 0 saturated carbocycles. The maximum atomic E-state index is 14.7. The van der Waals surface area contributed by atoms with E-state index in [9.17, 15) is 19.5 Å². The first-order valence-corrected chi connectivity index (χ1v) is 14.6. The summed E-state index contributed by atoms with van der Waals surface area (Å²) >= 11 is 0. The van der Waals surface area contributed by atoms with E-state index in [0.717, 1.165) is 6.42 Å². The second-order valence-corrected chi connectivity index (χ2v) is 13.3. The summed E-state index contributed by atoms with van der Waals surface area (Å²) in [6, 6.07) is -0.854. The molecule has 5 atom stereocenters. The zero-order chi connectivity index (χ0) is 29.2. The summed E-state index contributed by atoms with van der Waals surface area (Å²) in [7, 11) is 0. The summed E-state index contributed by atoms with van der Waals surface area (Å²) in [6.45, 7) is 21.0. The maximum Gasteiger partial charge on any atom is 0.312 e. The van der Waals surface area contributed by atoms with Crippen LogP contribution in [0.2, 0.25) is 0 Å². The van der Waals surface area contributed by atoms with Crippen LogP contribution in [0.4, 0.5) is 0 Å². The van der Waals surface area contributed by atoms with Crippen molar-refractivity contribution < 1.29 is 29.0 Å². The van der Waals surface area contributed by atoms with Crippen molar-refractivity contribution in [3.05, 3.63) is 25.3 Å². The summed E-state index contributed by atoms with van der Waals surface area (Å²) in [5, 5.41) is 9.42. The van der Waals surface area contributed by atoms with Gasteiger partial charge >= 0.3 is 5.97 Å². The molecule has 3 saturated heterocycles. The number of hydrogen-bond donors (Lipinski definition) is 1. The van der Waals surface area contributed by atoms with Crippen LogP contribution in [-0.4, -0.2) is 81.8 Å². The summed E-state index contributed by atoms with van der Waals surface area (Å²) in [6.07, 6.45) is 7.43. The normalized spacial score (nSPS) is 29.9. The molecule has 0 aromatic rings. The Balaban J connectivity index is 2.09. The Labute approximate surface area is 234 Å². The number of carbonyl (C=O) groups excluding carboxylic acids is 3. The fourth-order valence-corrected chi connectivity index (χ4v) is 7.63. The van der Waals surface area contributed by atoms with Crippen molar-refractivity contribution in [2.24, 2.45) is 17.3 Å². The third-order valence-corrected chi connectivity index (χ3v) is 8.81. The highest BCUT2D eigenvalue weighted by molar-refractivity contribution is 5.98. The molecule has 3 aliphatic rings. The molecule has 1 spiro atoms. The van der Waals surface area contributed by atoms with Gasteiger partial charge in [0.1, 0.15) is 17.6 Å². The number of nitrogens with zero attached hydrogens (tertiary/aromatic N) is 2. The van der Waals surface area contributed by atoms with Gasteiger partial charge in [-0.05, 0) is 64.2 Å². The van der Waals surface area contributed by atoms with Crippen molar-refractivity contribution in [2.75, 3.05) is 26.3 Å². The molecule has 3 heterocycles. The van der Waals surface area contributed by atoms with Gasteiger partial charge in [0.25, 0.3) is 0 Å².